The van der Waals surface area contributed by atoms with E-state index in [2.05, 4.69) is 5.32 Å². The fourth-order valence-electron chi connectivity index (χ4n) is 2.29. The number of carboxylic acids is 1. The molecule has 0 saturated carbocycles. The Morgan fingerprint density at radius 3 is 2.29 bits per heavy atom. The van der Waals surface area contributed by atoms with E-state index in [9.17, 15) is 14.7 Å². The predicted octanol–water partition coefficient (Wildman–Crippen LogP) is 0.541. The monoisotopic (exact) mass is 338 g/mol. The van der Waals surface area contributed by atoms with Crippen LogP contribution in [0.1, 0.15) is 25.8 Å². The molecule has 1 rings (SSSR count). The van der Waals surface area contributed by atoms with Gasteiger partial charge in [0.2, 0.25) is 0 Å². The molecule has 1 amide bonds. The molecular weight excluding hydrogens is 312 g/mol. The Labute approximate surface area is 141 Å². The maximum atomic E-state index is 12.0. The van der Waals surface area contributed by atoms with Gasteiger partial charge in [-0.3, -0.25) is 4.79 Å². The molecule has 2 unspecified atom stereocenters. The topological polar surface area (TPSA) is 122 Å². The number of ether oxygens (including phenoxy) is 1. The fraction of sp³-hybridized carbons (Fsp3) is 0.529. The molecule has 0 aliphatic carbocycles. The number of nitrogens with one attached hydrogen (secondary N) is 1. The molecule has 0 bridgehead atoms. The van der Waals surface area contributed by atoms with Gasteiger partial charge in [-0.25, -0.2) is 4.79 Å². The normalized spacial score (nSPS) is 14.8. The number of amides is 1. The Kier molecular flexibility index (Phi) is 7.67. The highest BCUT2D eigenvalue weighted by Crippen LogP contribution is 2.13. The Morgan fingerprint density at radius 1 is 1.25 bits per heavy atom. The van der Waals surface area contributed by atoms with E-state index < -0.39 is 30.1 Å². The van der Waals surface area contributed by atoms with Crippen molar-refractivity contribution in [3.63, 3.8) is 0 Å². The lowest BCUT2D eigenvalue weighted by Crippen LogP contribution is -2.52. The van der Waals surface area contributed by atoms with Crippen LogP contribution in [-0.4, -0.2) is 47.4 Å². The number of benzene rings is 1. The summed E-state index contributed by atoms with van der Waals surface area (Å²) >= 11 is 0. The lowest BCUT2D eigenvalue weighted by atomic mass is 10.00. The van der Waals surface area contributed by atoms with Crippen LogP contribution in [-0.2, 0) is 16.0 Å². The van der Waals surface area contributed by atoms with Crippen molar-refractivity contribution < 1.29 is 24.5 Å². The highest BCUT2D eigenvalue weighted by Gasteiger charge is 2.28. The Morgan fingerprint density at radius 2 is 1.83 bits per heavy atom. The van der Waals surface area contributed by atoms with Gasteiger partial charge in [0.15, 0.2) is 0 Å². The van der Waals surface area contributed by atoms with Crippen molar-refractivity contribution in [1.29, 1.82) is 0 Å². The van der Waals surface area contributed by atoms with Gasteiger partial charge < -0.3 is 26.0 Å². The zero-order chi connectivity index (χ0) is 18.3. The molecule has 0 heterocycles. The van der Waals surface area contributed by atoms with Crippen LogP contribution in [0, 0.1) is 5.92 Å². The van der Waals surface area contributed by atoms with E-state index >= 15 is 0 Å². The highest BCUT2D eigenvalue weighted by atomic mass is 16.5. The predicted molar refractivity (Wildman–Crippen MR) is 89.7 cm³/mol. The number of carboxylic acid groups (broad SMARTS) is 1. The standard InChI is InChI=1S/C17H26N2O5/c1-10(2)8-14(17(22)23)19-16(21)15(20)13(18)9-11-4-6-12(24-3)7-5-11/h4-7,10,13-15,20H,8-9,18H2,1-3H3,(H,19,21)(H,22,23)/t13?,14-,15?/m0/s1. The molecule has 7 heteroatoms. The van der Waals surface area contributed by atoms with E-state index in [4.69, 9.17) is 15.6 Å². The van der Waals surface area contributed by atoms with Crippen molar-refractivity contribution in [1.82, 2.24) is 5.32 Å². The number of methoxy groups -OCH3 is 1. The summed E-state index contributed by atoms with van der Waals surface area (Å²) in [5, 5.41) is 21.5. The Hall–Kier alpha value is -2.12. The van der Waals surface area contributed by atoms with Gasteiger partial charge in [0, 0.05) is 6.04 Å². The van der Waals surface area contributed by atoms with Crippen LogP contribution in [0.15, 0.2) is 24.3 Å². The number of carbonyl (C=O) groups is 2. The first-order valence-electron chi connectivity index (χ1n) is 7.84. The number of carbonyl (C=O) groups excluding carboxylic acids is 1. The molecule has 0 aliphatic rings. The third-order valence-corrected chi connectivity index (χ3v) is 3.63. The number of hydrogen-bond donors (Lipinski definition) is 4. The summed E-state index contributed by atoms with van der Waals surface area (Å²) in [6, 6.07) is 5.23. The van der Waals surface area contributed by atoms with Gasteiger partial charge in [0.25, 0.3) is 5.91 Å². The van der Waals surface area contributed by atoms with Crippen molar-refractivity contribution in [2.75, 3.05) is 7.11 Å². The molecule has 1 aromatic carbocycles. The molecule has 0 aliphatic heterocycles. The number of aliphatic hydroxyl groups is 1. The molecule has 0 fully saturated rings. The maximum absolute atomic E-state index is 12.0. The van der Waals surface area contributed by atoms with Gasteiger partial charge in [-0.05, 0) is 36.5 Å². The van der Waals surface area contributed by atoms with E-state index in [1.165, 1.54) is 0 Å². The van der Waals surface area contributed by atoms with Crippen LogP contribution in [0.25, 0.3) is 0 Å². The summed E-state index contributed by atoms with van der Waals surface area (Å²) in [7, 11) is 1.56. The summed E-state index contributed by atoms with van der Waals surface area (Å²) in [4.78, 5) is 23.2. The Bertz CT molecular complexity index is 544. The van der Waals surface area contributed by atoms with Crippen molar-refractivity contribution in [2.24, 2.45) is 11.7 Å². The summed E-state index contributed by atoms with van der Waals surface area (Å²) in [6.07, 6.45) is -0.928. The lowest BCUT2D eigenvalue weighted by Gasteiger charge is -2.22. The minimum Gasteiger partial charge on any atom is -0.497 e. The number of aliphatic hydroxyl groups excluding tert-OH is 1. The van der Waals surface area contributed by atoms with E-state index in [-0.39, 0.29) is 18.8 Å². The molecule has 0 radical (unpaired) electrons. The van der Waals surface area contributed by atoms with Crippen molar-refractivity contribution in [2.45, 2.75) is 44.9 Å². The molecule has 134 valence electrons. The van der Waals surface area contributed by atoms with Crippen molar-refractivity contribution >= 4 is 11.9 Å². The van der Waals surface area contributed by atoms with Crippen molar-refractivity contribution in [3.8, 4) is 5.75 Å². The average molecular weight is 338 g/mol. The minimum atomic E-state index is -1.49. The summed E-state index contributed by atoms with van der Waals surface area (Å²) in [5.74, 6) is -1.11. The first-order chi connectivity index (χ1) is 11.2. The molecule has 5 N–H and O–H groups in total. The molecule has 1 aromatic rings. The Balaban J connectivity index is 2.63. The van der Waals surface area contributed by atoms with E-state index in [0.29, 0.717) is 5.75 Å². The third-order valence-electron chi connectivity index (χ3n) is 3.63. The van der Waals surface area contributed by atoms with E-state index in [1.54, 1.807) is 31.4 Å². The molecule has 24 heavy (non-hydrogen) atoms. The second kappa shape index (κ2) is 9.24. The smallest absolute Gasteiger partial charge is 0.326 e. The molecule has 7 nitrogen and oxygen atoms in total. The number of aliphatic carboxylic acids is 1. The number of hydrogen-bond acceptors (Lipinski definition) is 5. The zero-order valence-corrected chi connectivity index (χ0v) is 14.2. The number of rotatable bonds is 9. The summed E-state index contributed by atoms with van der Waals surface area (Å²) in [6.45, 7) is 3.71. The summed E-state index contributed by atoms with van der Waals surface area (Å²) < 4.78 is 5.06. The molecular formula is C17H26N2O5. The highest BCUT2D eigenvalue weighted by molar-refractivity contribution is 5.86. The first-order valence-corrected chi connectivity index (χ1v) is 7.84. The van der Waals surface area contributed by atoms with Crippen LogP contribution in [0.5, 0.6) is 5.75 Å². The van der Waals surface area contributed by atoms with Gasteiger partial charge in [-0.1, -0.05) is 26.0 Å². The second-order valence-corrected chi connectivity index (χ2v) is 6.19. The number of nitrogens with two attached hydrogens (primary N) is 1. The van der Waals surface area contributed by atoms with Crippen LogP contribution in [0.3, 0.4) is 0 Å². The largest absolute Gasteiger partial charge is 0.497 e. The van der Waals surface area contributed by atoms with E-state index in [1.807, 2.05) is 13.8 Å². The average Bonchev–Trinajstić information content (AvgIpc) is 2.53. The van der Waals surface area contributed by atoms with Crippen LogP contribution < -0.4 is 15.8 Å². The molecule has 0 spiro atoms. The van der Waals surface area contributed by atoms with E-state index in [0.717, 1.165) is 5.56 Å². The SMILES string of the molecule is COc1ccc(CC(N)C(O)C(=O)N[C@@H](CC(C)C)C(=O)O)cc1. The molecule has 0 saturated heterocycles. The van der Waals surface area contributed by atoms with Crippen LogP contribution >= 0.6 is 0 Å². The fourth-order valence-corrected chi connectivity index (χ4v) is 2.29. The van der Waals surface area contributed by atoms with Gasteiger partial charge in [0.05, 0.1) is 7.11 Å². The van der Waals surface area contributed by atoms with Gasteiger partial charge in [0.1, 0.15) is 17.9 Å². The van der Waals surface area contributed by atoms with Crippen LogP contribution in [0.4, 0.5) is 0 Å². The first kappa shape index (κ1) is 19.9. The quantitative estimate of drug-likeness (QED) is 0.521. The lowest BCUT2D eigenvalue weighted by molar-refractivity contribution is -0.144. The van der Waals surface area contributed by atoms with Gasteiger partial charge in [-0.2, -0.15) is 0 Å². The third kappa shape index (κ3) is 6.17. The molecule has 0 aromatic heterocycles. The molecule has 3 atom stereocenters. The minimum absolute atomic E-state index is 0.0940. The maximum Gasteiger partial charge on any atom is 0.326 e. The van der Waals surface area contributed by atoms with Crippen LogP contribution in [0.2, 0.25) is 0 Å². The second-order valence-electron chi connectivity index (χ2n) is 6.19. The zero-order valence-electron chi connectivity index (χ0n) is 14.2. The van der Waals surface area contributed by atoms with Gasteiger partial charge in [-0.15, -0.1) is 0 Å². The van der Waals surface area contributed by atoms with Crippen molar-refractivity contribution in [3.05, 3.63) is 29.8 Å². The van der Waals surface area contributed by atoms with Gasteiger partial charge >= 0.3 is 5.97 Å². The summed E-state index contributed by atoms with van der Waals surface area (Å²) in [5.41, 5.74) is 6.72.